The second-order valence-electron chi connectivity index (χ2n) is 6.78. The van der Waals surface area contributed by atoms with Crippen molar-refractivity contribution >= 4 is 38.4 Å². The van der Waals surface area contributed by atoms with Crippen molar-refractivity contribution in [3.05, 3.63) is 94.3 Å². The fourth-order valence-electron chi connectivity index (χ4n) is 3.27. The summed E-state index contributed by atoms with van der Waals surface area (Å²) in [5.41, 5.74) is 0.713. The topological polar surface area (TPSA) is 144 Å². The summed E-state index contributed by atoms with van der Waals surface area (Å²) in [6.45, 7) is -0.00283. The molecule has 4 rings (SSSR count). The van der Waals surface area contributed by atoms with Crippen molar-refractivity contribution in [1.29, 1.82) is 0 Å². The van der Waals surface area contributed by atoms with Crippen LogP contribution in [0.3, 0.4) is 0 Å². The van der Waals surface area contributed by atoms with Crippen LogP contribution in [0.15, 0.2) is 78.0 Å². The van der Waals surface area contributed by atoms with Gasteiger partial charge in [0.25, 0.3) is 15.7 Å². The van der Waals surface area contributed by atoms with E-state index in [1.54, 1.807) is 30.3 Å². The molecule has 0 saturated heterocycles. The number of anilines is 1. The molecule has 0 aliphatic carbocycles. The van der Waals surface area contributed by atoms with Gasteiger partial charge in [0.05, 0.1) is 20.9 Å². The van der Waals surface area contributed by atoms with Crippen LogP contribution in [0, 0.1) is 10.1 Å². The summed E-state index contributed by atoms with van der Waals surface area (Å²) >= 11 is 0. The highest BCUT2D eigenvalue weighted by Crippen LogP contribution is 2.30. The first-order valence-electron chi connectivity index (χ1n) is 9.30. The molecule has 2 aromatic heterocycles. The van der Waals surface area contributed by atoms with Gasteiger partial charge in [-0.05, 0) is 42.5 Å². The summed E-state index contributed by atoms with van der Waals surface area (Å²) in [7, 11) is -3.94. The number of benzene rings is 2. The second-order valence-corrected chi connectivity index (χ2v) is 8.60. The second kappa shape index (κ2) is 8.12. The number of fused-ring (bicyclic) bond motifs is 1. The monoisotopic (exact) mass is 452 g/mol. The number of pyridine rings is 1. The molecular formula is C21H16N4O6S. The number of rotatable bonds is 7. The standard InChI is InChI=1S/C21H16N4O6S/c26-21(27)14-6-8-15(9-7-14)22-12-18-17-10-11-24(20(17)23-13-19(18)25(28)29)32(30,31)16-4-2-1-3-5-16/h1-11,13,22H,12H2,(H,26,27). The Kier molecular flexibility index (Phi) is 5.33. The van der Waals surface area contributed by atoms with Crippen molar-refractivity contribution in [1.82, 2.24) is 8.96 Å². The number of aromatic carboxylic acids is 1. The predicted molar refractivity (Wildman–Crippen MR) is 116 cm³/mol. The molecule has 2 N–H and O–H groups in total. The normalized spacial score (nSPS) is 11.4. The summed E-state index contributed by atoms with van der Waals surface area (Å²) < 4.78 is 27.1. The fourth-order valence-corrected chi connectivity index (χ4v) is 4.59. The van der Waals surface area contributed by atoms with E-state index >= 15 is 0 Å². The van der Waals surface area contributed by atoms with Gasteiger partial charge in [0.2, 0.25) is 0 Å². The first-order valence-corrected chi connectivity index (χ1v) is 10.7. The van der Waals surface area contributed by atoms with Gasteiger partial charge in [-0.3, -0.25) is 10.1 Å². The largest absolute Gasteiger partial charge is 0.478 e. The van der Waals surface area contributed by atoms with Gasteiger partial charge in [0, 0.05) is 23.8 Å². The summed E-state index contributed by atoms with van der Waals surface area (Å²) in [5.74, 6) is -1.07. The van der Waals surface area contributed by atoms with Crippen molar-refractivity contribution in [3.63, 3.8) is 0 Å². The lowest BCUT2D eigenvalue weighted by Gasteiger charge is -2.10. The molecular weight excluding hydrogens is 436 g/mol. The Bertz CT molecular complexity index is 1430. The number of nitrogens with one attached hydrogen (secondary N) is 1. The number of hydrogen-bond donors (Lipinski definition) is 2. The highest BCUT2D eigenvalue weighted by Gasteiger charge is 2.24. The summed E-state index contributed by atoms with van der Waals surface area (Å²) in [5, 5.41) is 23.9. The summed E-state index contributed by atoms with van der Waals surface area (Å²) in [6, 6.07) is 15.2. The van der Waals surface area contributed by atoms with E-state index < -0.39 is 20.9 Å². The highest BCUT2D eigenvalue weighted by molar-refractivity contribution is 7.90. The van der Waals surface area contributed by atoms with E-state index in [4.69, 9.17) is 5.11 Å². The summed E-state index contributed by atoms with van der Waals surface area (Å²) in [6.07, 6.45) is 2.35. The van der Waals surface area contributed by atoms with Crippen LogP contribution in [0.2, 0.25) is 0 Å². The zero-order valence-electron chi connectivity index (χ0n) is 16.4. The van der Waals surface area contributed by atoms with E-state index in [0.29, 0.717) is 11.1 Å². The Balaban J connectivity index is 1.75. The van der Waals surface area contributed by atoms with Crippen LogP contribution < -0.4 is 5.32 Å². The number of aromatic nitrogens is 2. The van der Waals surface area contributed by atoms with Gasteiger partial charge in [-0.1, -0.05) is 18.2 Å². The lowest BCUT2D eigenvalue weighted by molar-refractivity contribution is -0.385. The van der Waals surface area contributed by atoms with Crippen LogP contribution in [0.1, 0.15) is 15.9 Å². The maximum absolute atomic E-state index is 13.0. The molecule has 10 nitrogen and oxygen atoms in total. The minimum Gasteiger partial charge on any atom is -0.478 e. The molecule has 32 heavy (non-hydrogen) atoms. The molecule has 0 saturated carbocycles. The number of hydrogen-bond acceptors (Lipinski definition) is 7. The Morgan fingerprint density at radius 3 is 2.41 bits per heavy atom. The van der Waals surface area contributed by atoms with Crippen LogP contribution >= 0.6 is 0 Å². The SMILES string of the molecule is O=C(O)c1ccc(NCc2c([N+](=O)[O-])cnc3c2ccn3S(=O)(=O)c2ccccc2)cc1. The molecule has 0 atom stereocenters. The molecule has 0 amide bonds. The smallest absolute Gasteiger partial charge is 0.335 e. The van der Waals surface area contributed by atoms with E-state index in [-0.39, 0.29) is 33.9 Å². The molecule has 11 heteroatoms. The predicted octanol–water partition coefficient (Wildman–Crippen LogP) is 3.49. The lowest BCUT2D eigenvalue weighted by atomic mass is 10.1. The average molecular weight is 452 g/mol. The molecule has 162 valence electrons. The minimum atomic E-state index is -3.94. The molecule has 0 radical (unpaired) electrons. The molecule has 4 aromatic rings. The van der Waals surface area contributed by atoms with Crippen LogP contribution in [-0.2, 0) is 16.6 Å². The van der Waals surface area contributed by atoms with Gasteiger partial charge in [-0.15, -0.1) is 0 Å². The number of carbonyl (C=O) groups is 1. The fraction of sp³-hybridized carbons (Fsp3) is 0.0476. The molecule has 0 spiro atoms. The van der Waals surface area contributed by atoms with Crippen molar-refractivity contribution in [2.24, 2.45) is 0 Å². The van der Waals surface area contributed by atoms with Crippen molar-refractivity contribution < 1.29 is 23.2 Å². The van der Waals surface area contributed by atoms with Crippen molar-refractivity contribution in [2.75, 3.05) is 5.32 Å². The average Bonchev–Trinajstić information content (AvgIpc) is 3.23. The zero-order valence-corrected chi connectivity index (χ0v) is 17.2. The van der Waals surface area contributed by atoms with E-state index in [9.17, 15) is 23.3 Å². The minimum absolute atomic E-state index is 0.00283. The van der Waals surface area contributed by atoms with Gasteiger partial charge in [-0.25, -0.2) is 22.2 Å². The third kappa shape index (κ3) is 3.76. The Morgan fingerprint density at radius 2 is 1.78 bits per heavy atom. The van der Waals surface area contributed by atoms with Crippen LogP contribution in [0.25, 0.3) is 11.0 Å². The van der Waals surface area contributed by atoms with Gasteiger partial charge in [0.1, 0.15) is 6.20 Å². The molecule has 0 aliphatic rings. The molecule has 2 heterocycles. The molecule has 0 bridgehead atoms. The molecule has 0 aliphatic heterocycles. The maximum atomic E-state index is 13.0. The van der Waals surface area contributed by atoms with Gasteiger partial charge in [-0.2, -0.15) is 0 Å². The molecule has 0 unspecified atom stereocenters. The Morgan fingerprint density at radius 1 is 1.09 bits per heavy atom. The van der Waals surface area contributed by atoms with Gasteiger partial charge in [0.15, 0.2) is 5.65 Å². The van der Waals surface area contributed by atoms with E-state index in [1.165, 1.54) is 36.5 Å². The maximum Gasteiger partial charge on any atom is 0.335 e. The van der Waals surface area contributed by atoms with E-state index in [1.807, 2.05) is 0 Å². The zero-order chi connectivity index (χ0) is 22.9. The summed E-state index contributed by atoms with van der Waals surface area (Å²) in [4.78, 5) is 26.1. The number of carboxylic acid groups (broad SMARTS) is 1. The van der Waals surface area contributed by atoms with E-state index in [2.05, 4.69) is 10.3 Å². The molecule has 2 aromatic carbocycles. The van der Waals surface area contributed by atoms with Crippen LogP contribution in [0.4, 0.5) is 11.4 Å². The lowest BCUT2D eigenvalue weighted by Crippen LogP contribution is -2.13. The third-order valence-corrected chi connectivity index (χ3v) is 6.55. The Labute approximate surface area is 182 Å². The van der Waals surface area contributed by atoms with Gasteiger partial charge < -0.3 is 10.4 Å². The third-order valence-electron chi connectivity index (χ3n) is 4.87. The van der Waals surface area contributed by atoms with Crippen molar-refractivity contribution in [3.8, 4) is 0 Å². The quantitative estimate of drug-likeness (QED) is 0.320. The number of carboxylic acids is 1. The molecule has 0 fully saturated rings. The van der Waals surface area contributed by atoms with E-state index in [0.717, 1.165) is 10.2 Å². The number of nitro groups is 1. The first kappa shape index (κ1) is 21.0. The van der Waals surface area contributed by atoms with Crippen molar-refractivity contribution in [2.45, 2.75) is 11.4 Å². The Hall–Kier alpha value is -4.25. The van der Waals surface area contributed by atoms with Crippen LogP contribution in [-0.4, -0.2) is 33.4 Å². The van der Waals surface area contributed by atoms with Gasteiger partial charge >= 0.3 is 5.97 Å². The first-order chi connectivity index (χ1) is 15.3. The number of nitrogens with zero attached hydrogens (tertiary/aromatic N) is 3. The van der Waals surface area contributed by atoms with Crippen LogP contribution in [0.5, 0.6) is 0 Å². The highest BCUT2D eigenvalue weighted by atomic mass is 32.2.